The van der Waals surface area contributed by atoms with Crippen LogP contribution in [0.4, 0.5) is 5.69 Å². The van der Waals surface area contributed by atoms with E-state index in [1.165, 1.54) is 13.3 Å². The molecule has 2 aromatic rings. The lowest BCUT2D eigenvalue weighted by atomic mass is 10.2. The van der Waals surface area contributed by atoms with Gasteiger partial charge in [-0.15, -0.1) is 0 Å². The molecule has 2 rings (SSSR count). The second-order valence-electron chi connectivity index (χ2n) is 6.33. The summed E-state index contributed by atoms with van der Waals surface area (Å²) in [6.07, 6.45) is 2.47. The maximum absolute atomic E-state index is 12.3. The Kier molecular flexibility index (Phi) is 8.68. The van der Waals surface area contributed by atoms with Crippen molar-refractivity contribution in [2.75, 3.05) is 37.4 Å². The fraction of sp³-hybridized carbons (Fsp3) is 0.333. The van der Waals surface area contributed by atoms with Gasteiger partial charge in [-0.05, 0) is 61.9 Å². The van der Waals surface area contributed by atoms with E-state index in [9.17, 15) is 13.2 Å². The van der Waals surface area contributed by atoms with Gasteiger partial charge in [-0.1, -0.05) is 0 Å². The quantitative estimate of drug-likeness (QED) is 0.417. The molecule has 31 heavy (non-hydrogen) atoms. The third-order valence-corrected chi connectivity index (χ3v) is 5.16. The summed E-state index contributed by atoms with van der Waals surface area (Å²) in [6, 6.07) is 11.6. The van der Waals surface area contributed by atoms with Crippen molar-refractivity contribution in [1.29, 1.82) is 0 Å². The Morgan fingerprint density at radius 3 is 2.29 bits per heavy atom. The summed E-state index contributed by atoms with van der Waals surface area (Å²) in [4.78, 5) is 12.3. The van der Waals surface area contributed by atoms with E-state index < -0.39 is 22.5 Å². The Bertz CT molecular complexity index is 1010. The van der Waals surface area contributed by atoms with Crippen LogP contribution in [0.15, 0.2) is 47.6 Å². The number of hydrazone groups is 1. The van der Waals surface area contributed by atoms with E-state index in [2.05, 4.69) is 10.5 Å². The van der Waals surface area contributed by atoms with E-state index in [0.29, 0.717) is 41.7 Å². The van der Waals surface area contributed by atoms with Gasteiger partial charge in [0.15, 0.2) is 11.5 Å². The second-order valence-corrected chi connectivity index (χ2v) is 8.24. The molecule has 0 aromatic heterocycles. The summed E-state index contributed by atoms with van der Waals surface area (Å²) >= 11 is 0. The molecule has 0 aliphatic rings. The summed E-state index contributed by atoms with van der Waals surface area (Å²) in [5.41, 5.74) is 3.37. The Labute approximate surface area is 182 Å². The van der Waals surface area contributed by atoms with Gasteiger partial charge in [0, 0.05) is 0 Å². The maximum Gasteiger partial charge on any atom is 0.260 e. The summed E-state index contributed by atoms with van der Waals surface area (Å²) in [5, 5.41) is 3.91. The molecule has 0 fully saturated rings. The van der Waals surface area contributed by atoms with Crippen molar-refractivity contribution < 1.29 is 27.4 Å². The third-order valence-electron chi connectivity index (χ3n) is 4.02. The number of anilines is 1. The van der Waals surface area contributed by atoms with Crippen molar-refractivity contribution >= 4 is 27.8 Å². The van der Waals surface area contributed by atoms with Gasteiger partial charge in [-0.25, -0.2) is 13.8 Å². The molecule has 0 saturated heterocycles. The van der Waals surface area contributed by atoms with E-state index in [0.717, 1.165) is 10.6 Å². The highest BCUT2D eigenvalue weighted by molar-refractivity contribution is 7.92. The molecule has 1 N–H and O–H groups in total. The lowest BCUT2D eigenvalue weighted by molar-refractivity contribution is -0.119. The van der Waals surface area contributed by atoms with Gasteiger partial charge in [-0.3, -0.25) is 9.10 Å². The van der Waals surface area contributed by atoms with E-state index in [-0.39, 0.29) is 0 Å². The number of benzene rings is 2. The molecule has 0 spiro atoms. The van der Waals surface area contributed by atoms with Crippen LogP contribution in [0, 0.1) is 0 Å². The number of sulfonamides is 1. The Morgan fingerprint density at radius 2 is 1.71 bits per heavy atom. The SMILES string of the molecule is CCOc1ccc(/C=N\NC(=O)CN(c2ccc(OC)cc2)S(C)(=O)=O)cc1OCC. The topological polar surface area (TPSA) is 107 Å². The number of amides is 1. The summed E-state index contributed by atoms with van der Waals surface area (Å²) in [5.74, 6) is 1.18. The lowest BCUT2D eigenvalue weighted by Gasteiger charge is -2.21. The minimum Gasteiger partial charge on any atom is -0.497 e. The molecule has 0 aliphatic heterocycles. The third kappa shape index (κ3) is 7.18. The molecule has 10 heteroatoms. The van der Waals surface area contributed by atoms with Crippen molar-refractivity contribution in [3.8, 4) is 17.2 Å². The molecule has 0 heterocycles. The zero-order valence-corrected chi connectivity index (χ0v) is 18.8. The molecule has 0 unspecified atom stereocenters. The lowest BCUT2D eigenvalue weighted by Crippen LogP contribution is -2.39. The van der Waals surface area contributed by atoms with Crippen LogP contribution in [0.25, 0.3) is 0 Å². The number of nitrogens with zero attached hydrogens (tertiary/aromatic N) is 2. The number of nitrogens with one attached hydrogen (secondary N) is 1. The van der Waals surface area contributed by atoms with E-state index in [4.69, 9.17) is 14.2 Å². The second kappa shape index (κ2) is 11.2. The molecule has 1 amide bonds. The molecule has 0 aliphatic carbocycles. The zero-order valence-electron chi connectivity index (χ0n) is 18.0. The highest BCUT2D eigenvalue weighted by Gasteiger charge is 2.20. The van der Waals surface area contributed by atoms with Crippen LogP contribution >= 0.6 is 0 Å². The Morgan fingerprint density at radius 1 is 1.06 bits per heavy atom. The standard InChI is InChI=1S/C21H27N3O6S/c1-5-29-19-12-7-16(13-20(19)30-6-2)14-22-23-21(25)15-24(31(4,26)27)17-8-10-18(28-3)11-9-17/h7-14H,5-6,15H2,1-4H3,(H,23,25)/b22-14-. The van der Waals surface area contributed by atoms with Crippen LogP contribution in [0.5, 0.6) is 17.2 Å². The monoisotopic (exact) mass is 449 g/mol. The van der Waals surface area contributed by atoms with E-state index >= 15 is 0 Å². The van der Waals surface area contributed by atoms with E-state index in [1.807, 2.05) is 13.8 Å². The fourth-order valence-electron chi connectivity index (χ4n) is 2.64. The van der Waals surface area contributed by atoms with Crippen molar-refractivity contribution in [3.63, 3.8) is 0 Å². The highest BCUT2D eigenvalue weighted by atomic mass is 32.2. The van der Waals surface area contributed by atoms with Gasteiger partial charge in [0.05, 0.1) is 38.5 Å². The predicted octanol–water partition coefficient (Wildman–Crippen LogP) is 2.41. The maximum atomic E-state index is 12.3. The van der Waals surface area contributed by atoms with Gasteiger partial charge in [0.2, 0.25) is 10.0 Å². The largest absolute Gasteiger partial charge is 0.497 e. The minimum absolute atomic E-state index is 0.343. The first-order valence-electron chi connectivity index (χ1n) is 9.61. The molecule has 0 atom stereocenters. The molecule has 0 saturated carbocycles. The van der Waals surface area contributed by atoms with Crippen molar-refractivity contribution in [2.45, 2.75) is 13.8 Å². The Hall–Kier alpha value is -3.27. The summed E-state index contributed by atoms with van der Waals surface area (Å²) in [6.45, 7) is 4.31. The first kappa shape index (κ1) is 24.0. The van der Waals surface area contributed by atoms with E-state index in [1.54, 1.807) is 42.5 Å². The number of carbonyl (C=O) groups is 1. The number of carbonyl (C=O) groups excluding carboxylic acids is 1. The van der Waals surface area contributed by atoms with Crippen molar-refractivity contribution in [3.05, 3.63) is 48.0 Å². The van der Waals surface area contributed by atoms with Gasteiger partial charge in [-0.2, -0.15) is 5.10 Å². The van der Waals surface area contributed by atoms with Crippen LogP contribution in [0.3, 0.4) is 0 Å². The summed E-state index contributed by atoms with van der Waals surface area (Å²) in [7, 11) is -2.17. The average Bonchev–Trinajstić information content (AvgIpc) is 2.73. The summed E-state index contributed by atoms with van der Waals surface area (Å²) < 4.78 is 41.4. The molecule has 168 valence electrons. The normalized spacial score (nSPS) is 11.2. The number of hydrogen-bond acceptors (Lipinski definition) is 7. The van der Waals surface area contributed by atoms with Crippen LogP contribution in [0.1, 0.15) is 19.4 Å². The van der Waals surface area contributed by atoms with Gasteiger partial charge < -0.3 is 14.2 Å². The molecule has 2 aromatic carbocycles. The number of ether oxygens (including phenoxy) is 3. The molecular formula is C21H27N3O6S. The van der Waals surface area contributed by atoms with Gasteiger partial charge in [0.1, 0.15) is 12.3 Å². The average molecular weight is 450 g/mol. The van der Waals surface area contributed by atoms with Crippen LogP contribution in [0.2, 0.25) is 0 Å². The molecule has 0 radical (unpaired) electrons. The number of methoxy groups -OCH3 is 1. The zero-order chi connectivity index (χ0) is 22.9. The smallest absolute Gasteiger partial charge is 0.260 e. The van der Waals surface area contributed by atoms with Crippen molar-refractivity contribution in [2.24, 2.45) is 5.10 Å². The highest BCUT2D eigenvalue weighted by Crippen LogP contribution is 2.28. The van der Waals surface area contributed by atoms with Gasteiger partial charge in [0.25, 0.3) is 5.91 Å². The minimum atomic E-state index is -3.68. The first-order chi connectivity index (χ1) is 14.8. The predicted molar refractivity (Wildman–Crippen MR) is 120 cm³/mol. The number of rotatable bonds is 11. The van der Waals surface area contributed by atoms with Gasteiger partial charge >= 0.3 is 0 Å². The van der Waals surface area contributed by atoms with Crippen LogP contribution in [-0.2, 0) is 14.8 Å². The fourth-order valence-corrected chi connectivity index (χ4v) is 3.50. The molecule has 9 nitrogen and oxygen atoms in total. The van der Waals surface area contributed by atoms with Crippen LogP contribution in [-0.4, -0.2) is 53.7 Å². The Balaban J connectivity index is 2.07. The molecule has 0 bridgehead atoms. The first-order valence-corrected chi connectivity index (χ1v) is 11.5. The van der Waals surface area contributed by atoms with Crippen LogP contribution < -0.4 is 23.9 Å². The van der Waals surface area contributed by atoms with Crippen molar-refractivity contribution in [1.82, 2.24) is 5.43 Å². The molecular weight excluding hydrogens is 422 g/mol. The number of hydrogen-bond donors (Lipinski definition) is 1.